The maximum atomic E-state index is 11.2. The van der Waals surface area contributed by atoms with E-state index in [9.17, 15) is 4.79 Å². The summed E-state index contributed by atoms with van der Waals surface area (Å²) in [6, 6.07) is 9.91. The molecule has 106 valence electrons. The smallest absolute Gasteiger partial charge is 0.271 e. The van der Waals surface area contributed by atoms with Gasteiger partial charge in [-0.3, -0.25) is 14.5 Å². The first-order chi connectivity index (χ1) is 10.0. The minimum absolute atomic E-state index is 0.102. The van der Waals surface area contributed by atoms with E-state index < -0.39 is 5.91 Å². The molecule has 2 aromatic heterocycles. The van der Waals surface area contributed by atoms with Gasteiger partial charge in [0.2, 0.25) is 0 Å². The van der Waals surface area contributed by atoms with E-state index in [-0.39, 0.29) is 11.4 Å². The normalized spacial score (nSPS) is 10.9. The molecule has 4 N–H and O–H groups in total. The summed E-state index contributed by atoms with van der Waals surface area (Å²) in [6.45, 7) is 2.45. The molecule has 6 heteroatoms. The summed E-state index contributed by atoms with van der Waals surface area (Å²) in [5, 5.41) is 5.19. The summed E-state index contributed by atoms with van der Waals surface area (Å²) < 4.78 is 1.62. The third kappa shape index (κ3) is 2.43. The molecule has 0 aliphatic carbocycles. The number of nitrogen functional groups attached to an aromatic ring is 1. The molecular formula is C15H15N5O. The summed E-state index contributed by atoms with van der Waals surface area (Å²) in [6.07, 6.45) is 1.62. The predicted octanol–water partition coefficient (Wildman–Crippen LogP) is 1.47. The second kappa shape index (κ2) is 4.90. The third-order valence-corrected chi connectivity index (χ3v) is 3.29. The predicted molar refractivity (Wildman–Crippen MR) is 80.7 cm³/mol. The number of pyridine rings is 1. The topological polar surface area (TPSA) is 99.8 Å². The number of fused-ring (bicyclic) bond motifs is 1. The molecule has 0 fully saturated rings. The number of nitrogens with two attached hydrogens (primary N) is 2. The standard InChI is InChI=1S/C15H15N5O/c1-9-6-10(11-4-2-3-5-13(11)18-9)7-20-8-12(16)14(19-20)15(17)21/h2-6,8H,7,16H2,1H3,(H2,17,21). The van der Waals surface area contributed by atoms with Crippen molar-refractivity contribution in [2.24, 2.45) is 5.73 Å². The Morgan fingerprint density at radius 1 is 1.33 bits per heavy atom. The van der Waals surface area contributed by atoms with Gasteiger partial charge in [-0.15, -0.1) is 0 Å². The minimum atomic E-state index is -0.623. The molecule has 0 unspecified atom stereocenters. The molecule has 1 aromatic carbocycles. The Morgan fingerprint density at radius 3 is 2.81 bits per heavy atom. The van der Waals surface area contributed by atoms with Gasteiger partial charge >= 0.3 is 0 Å². The molecule has 6 nitrogen and oxygen atoms in total. The highest BCUT2D eigenvalue weighted by atomic mass is 16.1. The molecule has 0 aliphatic rings. The van der Waals surface area contributed by atoms with Crippen LogP contribution in [-0.2, 0) is 6.54 Å². The van der Waals surface area contributed by atoms with Gasteiger partial charge in [-0.2, -0.15) is 5.10 Å². The van der Waals surface area contributed by atoms with Gasteiger partial charge in [0, 0.05) is 17.3 Å². The van der Waals surface area contributed by atoms with Crippen molar-refractivity contribution < 1.29 is 4.79 Å². The van der Waals surface area contributed by atoms with Crippen molar-refractivity contribution in [3.8, 4) is 0 Å². The molecule has 0 atom stereocenters. The van der Waals surface area contributed by atoms with E-state index in [1.54, 1.807) is 10.9 Å². The van der Waals surface area contributed by atoms with Crippen LogP contribution in [0.5, 0.6) is 0 Å². The first-order valence-corrected chi connectivity index (χ1v) is 6.52. The zero-order chi connectivity index (χ0) is 15.0. The third-order valence-electron chi connectivity index (χ3n) is 3.29. The zero-order valence-electron chi connectivity index (χ0n) is 11.6. The molecule has 3 rings (SSSR count). The molecule has 1 amide bonds. The first kappa shape index (κ1) is 13.1. The van der Waals surface area contributed by atoms with Gasteiger partial charge in [0.15, 0.2) is 5.69 Å². The van der Waals surface area contributed by atoms with Crippen LogP contribution in [-0.4, -0.2) is 20.7 Å². The van der Waals surface area contributed by atoms with Crippen molar-refractivity contribution in [1.29, 1.82) is 0 Å². The maximum absolute atomic E-state index is 11.2. The van der Waals surface area contributed by atoms with E-state index in [4.69, 9.17) is 11.5 Å². The first-order valence-electron chi connectivity index (χ1n) is 6.52. The Morgan fingerprint density at radius 2 is 2.10 bits per heavy atom. The Balaban J connectivity index is 2.05. The van der Waals surface area contributed by atoms with Crippen LogP contribution in [0.1, 0.15) is 21.7 Å². The Labute approximate surface area is 121 Å². The number of anilines is 1. The van der Waals surface area contributed by atoms with Gasteiger partial charge in [0.25, 0.3) is 5.91 Å². The number of rotatable bonds is 3. The average Bonchev–Trinajstić information content (AvgIpc) is 2.79. The zero-order valence-corrected chi connectivity index (χ0v) is 11.6. The molecule has 0 bridgehead atoms. The Hall–Kier alpha value is -2.89. The number of benzene rings is 1. The monoisotopic (exact) mass is 281 g/mol. The Bertz CT molecular complexity index is 837. The summed E-state index contributed by atoms with van der Waals surface area (Å²) >= 11 is 0. The van der Waals surface area contributed by atoms with Crippen LogP contribution < -0.4 is 11.5 Å². The highest BCUT2D eigenvalue weighted by Gasteiger charge is 2.12. The highest BCUT2D eigenvalue weighted by Crippen LogP contribution is 2.20. The number of carbonyl (C=O) groups excluding carboxylic acids is 1. The number of carbonyl (C=O) groups is 1. The van der Waals surface area contributed by atoms with Crippen LogP contribution in [0.2, 0.25) is 0 Å². The van der Waals surface area contributed by atoms with E-state index in [1.165, 1.54) is 0 Å². The van der Waals surface area contributed by atoms with E-state index in [1.807, 2.05) is 37.3 Å². The second-order valence-electron chi connectivity index (χ2n) is 4.93. The number of amides is 1. The lowest BCUT2D eigenvalue weighted by molar-refractivity contribution is 0.0995. The van der Waals surface area contributed by atoms with E-state index >= 15 is 0 Å². The maximum Gasteiger partial charge on any atom is 0.271 e. The molecule has 0 aliphatic heterocycles. The van der Waals surface area contributed by atoms with Crippen LogP contribution >= 0.6 is 0 Å². The quantitative estimate of drug-likeness (QED) is 0.759. The number of aromatic nitrogens is 3. The highest BCUT2D eigenvalue weighted by molar-refractivity contribution is 5.95. The number of nitrogens with zero attached hydrogens (tertiary/aromatic N) is 3. The van der Waals surface area contributed by atoms with E-state index in [2.05, 4.69) is 10.1 Å². The lowest BCUT2D eigenvalue weighted by atomic mass is 10.1. The van der Waals surface area contributed by atoms with Crippen LogP contribution in [0.4, 0.5) is 5.69 Å². The largest absolute Gasteiger partial charge is 0.396 e. The lowest BCUT2D eigenvalue weighted by Gasteiger charge is -2.08. The van der Waals surface area contributed by atoms with Gasteiger partial charge in [0.05, 0.1) is 17.7 Å². The minimum Gasteiger partial charge on any atom is -0.396 e. The fourth-order valence-corrected chi connectivity index (χ4v) is 2.41. The number of hydrogen-bond donors (Lipinski definition) is 2. The molecule has 21 heavy (non-hydrogen) atoms. The van der Waals surface area contributed by atoms with Crippen LogP contribution in [0.3, 0.4) is 0 Å². The number of hydrogen-bond acceptors (Lipinski definition) is 4. The number of aryl methyl sites for hydroxylation is 1. The van der Waals surface area contributed by atoms with E-state index in [0.717, 1.165) is 22.2 Å². The summed E-state index contributed by atoms with van der Waals surface area (Å²) in [4.78, 5) is 15.7. The molecule has 0 saturated carbocycles. The van der Waals surface area contributed by atoms with E-state index in [0.29, 0.717) is 6.54 Å². The summed E-state index contributed by atoms with van der Waals surface area (Å²) in [5.74, 6) is -0.623. The molecule has 3 aromatic rings. The SMILES string of the molecule is Cc1cc(Cn2cc(N)c(C(N)=O)n2)c2ccccc2n1. The van der Waals surface area contributed by atoms with Crippen molar-refractivity contribution >= 4 is 22.5 Å². The fourth-order valence-electron chi connectivity index (χ4n) is 2.41. The van der Waals surface area contributed by atoms with Crippen LogP contribution in [0, 0.1) is 6.92 Å². The van der Waals surface area contributed by atoms with Gasteiger partial charge in [0.1, 0.15) is 0 Å². The molecular weight excluding hydrogens is 266 g/mol. The average molecular weight is 281 g/mol. The fraction of sp³-hybridized carbons (Fsp3) is 0.133. The molecule has 0 spiro atoms. The van der Waals surface area contributed by atoms with Gasteiger partial charge in [-0.05, 0) is 24.6 Å². The summed E-state index contributed by atoms with van der Waals surface area (Å²) in [7, 11) is 0. The van der Waals surface area contributed by atoms with Crippen molar-refractivity contribution in [2.45, 2.75) is 13.5 Å². The van der Waals surface area contributed by atoms with Crippen molar-refractivity contribution in [3.05, 3.63) is 53.5 Å². The summed E-state index contributed by atoms with van der Waals surface area (Å²) in [5.41, 5.74) is 14.3. The lowest BCUT2D eigenvalue weighted by Crippen LogP contribution is -2.14. The number of primary amides is 1. The molecule has 0 saturated heterocycles. The van der Waals surface area contributed by atoms with Gasteiger partial charge < -0.3 is 11.5 Å². The second-order valence-corrected chi connectivity index (χ2v) is 4.93. The molecule has 0 radical (unpaired) electrons. The van der Waals surface area contributed by atoms with Crippen LogP contribution in [0.15, 0.2) is 36.5 Å². The van der Waals surface area contributed by atoms with Gasteiger partial charge in [-0.1, -0.05) is 18.2 Å². The van der Waals surface area contributed by atoms with Crippen molar-refractivity contribution in [1.82, 2.24) is 14.8 Å². The van der Waals surface area contributed by atoms with Crippen LogP contribution in [0.25, 0.3) is 10.9 Å². The number of para-hydroxylation sites is 1. The van der Waals surface area contributed by atoms with Crippen molar-refractivity contribution in [3.63, 3.8) is 0 Å². The van der Waals surface area contributed by atoms with Gasteiger partial charge in [-0.25, -0.2) is 0 Å². The molecule has 2 heterocycles. The Kier molecular flexibility index (Phi) is 3.06. The van der Waals surface area contributed by atoms with Crippen molar-refractivity contribution in [2.75, 3.05) is 5.73 Å².